The summed E-state index contributed by atoms with van der Waals surface area (Å²) in [5.41, 5.74) is 6.21. The summed E-state index contributed by atoms with van der Waals surface area (Å²) in [6.07, 6.45) is 21.3. The zero-order valence-electron chi connectivity index (χ0n) is 26.7. The zero-order chi connectivity index (χ0) is 31.5. The molecule has 1 heterocycles. The Bertz CT molecular complexity index is 880. The summed E-state index contributed by atoms with van der Waals surface area (Å²) in [7, 11) is 0. The lowest BCUT2D eigenvalue weighted by Crippen LogP contribution is -2.54. The van der Waals surface area contributed by atoms with E-state index >= 15 is 0 Å². The number of carbonyl (C=O) groups excluding carboxylic acids is 4. The highest BCUT2D eigenvalue weighted by atomic mass is 16.5. The number of unbranched alkanes of at least 4 members (excludes halogenated alkanes) is 13. The second-order valence-electron chi connectivity index (χ2n) is 11.3. The van der Waals surface area contributed by atoms with Crippen molar-refractivity contribution in [2.75, 3.05) is 19.7 Å². The molecule has 0 radical (unpaired) electrons. The number of amides is 3. The third kappa shape index (κ3) is 19.8. The molecule has 1 rings (SSSR count). The van der Waals surface area contributed by atoms with Crippen molar-refractivity contribution in [3.05, 3.63) is 18.2 Å². The molecule has 1 aromatic heterocycles. The predicted molar refractivity (Wildman–Crippen MR) is 169 cm³/mol. The van der Waals surface area contributed by atoms with Gasteiger partial charge in [-0.05, 0) is 39.2 Å². The van der Waals surface area contributed by atoms with Crippen molar-refractivity contribution >= 4 is 23.7 Å². The summed E-state index contributed by atoms with van der Waals surface area (Å²) in [5.74, 6) is -1.73. The number of nitrogens with one attached hydrogen (secondary N) is 4. The Morgan fingerprint density at radius 3 is 2.00 bits per heavy atom. The van der Waals surface area contributed by atoms with Crippen LogP contribution in [0.1, 0.15) is 129 Å². The molecular formula is C32H58N6O5. The maximum atomic E-state index is 13.2. The van der Waals surface area contributed by atoms with Crippen LogP contribution < -0.4 is 21.7 Å². The maximum absolute atomic E-state index is 13.2. The number of aromatic amines is 1. The number of esters is 1. The molecule has 2 atom stereocenters. The minimum absolute atomic E-state index is 0.142. The number of hydrogen-bond acceptors (Lipinski definition) is 7. The first-order valence-electron chi connectivity index (χ1n) is 16.6. The van der Waals surface area contributed by atoms with E-state index in [2.05, 4.69) is 32.8 Å². The van der Waals surface area contributed by atoms with E-state index in [4.69, 9.17) is 10.5 Å². The number of aromatic nitrogens is 2. The van der Waals surface area contributed by atoms with Crippen LogP contribution in [-0.4, -0.2) is 65.4 Å². The fourth-order valence-electron chi connectivity index (χ4n) is 4.90. The van der Waals surface area contributed by atoms with Gasteiger partial charge in [-0.15, -0.1) is 0 Å². The first-order valence-corrected chi connectivity index (χ1v) is 16.6. The van der Waals surface area contributed by atoms with Crippen LogP contribution in [0.5, 0.6) is 0 Å². The van der Waals surface area contributed by atoms with Gasteiger partial charge in [0.1, 0.15) is 12.1 Å². The number of carbonyl (C=O) groups is 4. The highest BCUT2D eigenvalue weighted by Gasteiger charge is 2.28. The van der Waals surface area contributed by atoms with Gasteiger partial charge < -0.3 is 31.4 Å². The van der Waals surface area contributed by atoms with Crippen molar-refractivity contribution in [3.63, 3.8) is 0 Å². The summed E-state index contributed by atoms with van der Waals surface area (Å²) < 4.78 is 5.12. The SMILES string of the molecule is CCCCCCCCCCCCCCCC(=O)NCC(=O)N[C@@H](Cc1cnc[nH]1)C(=O)N[C@@H](CCCCN)C(=O)OCC. The van der Waals surface area contributed by atoms with Gasteiger partial charge in [0.05, 0.1) is 19.5 Å². The average Bonchev–Trinajstić information content (AvgIpc) is 3.51. The first kappa shape index (κ1) is 38.1. The number of ether oxygens (including phenoxy) is 1. The van der Waals surface area contributed by atoms with Crippen molar-refractivity contribution in [3.8, 4) is 0 Å². The van der Waals surface area contributed by atoms with E-state index in [-0.39, 0.29) is 25.5 Å². The molecule has 0 fully saturated rings. The van der Waals surface area contributed by atoms with E-state index in [0.29, 0.717) is 37.9 Å². The van der Waals surface area contributed by atoms with Gasteiger partial charge in [0, 0.05) is 24.7 Å². The Labute approximate surface area is 258 Å². The standard InChI is InChI=1S/C32H58N6O5/c1-3-5-6-7-8-9-10-11-12-13-14-15-16-20-29(39)35-24-30(40)37-28(22-26-23-34-25-36-26)31(41)38-27(19-17-18-21-33)32(42)43-4-2/h23,25,27-28H,3-22,24,33H2,1-2H3,(H,34,36)(H,35,39)(H,37,40)(H,38,41)/t27-,28-/m0/s1. The molecule has 246 valence electrons. The molecule has 0 aromatic carbocycles. The number of nitrogens with two attached hydrogens (primary N) is 1. The number of nitrogens with zero attached hydrogens (tertiary/aromatic N) is 1. The smallest absolute Gasteiger partial charge is 0.328 e. The Hall–Kier alpha value is -2.95. The lowest BCUT2D eigenvalue weighted by molar-refractivity contribution is -0.148. The molecule has 1 aromatic rings. The van der Waals surface area contributed by atoms with Crippen molar-refractivity contribution < 1.29 is 23.9 Å². The van der Waals surface area contributed by atoms with Crippen LogP contribution in [0.4, 0.5) is 0 Å². The largest absolute Gasteiger partial charge is 0.464 e. The van der Waals surface area contributed by atoms with E-state index < -0.39 is 29.9 Å². The van der Waals surface area contributed by atoms with E-state index in [9.17, 15) is 19.2 Å². The molecule has 6 N–H and O–H groups in total. The highest BCUT2D eigenvalue weighted by Crippen LogP contribution is 2.13. The zero-order valence-corrected chi connectivity index (χ0v) is 26.7. The molecule has 3 amide bonds. The van der Waals surface area contributed by atoms with Crippen LogP contribution in [-0.2, 0) is 30.3 Å². The fraction of sp³-hybridized carbons (Fsp3) is 0.781. The van der Waals surface area contributed by atoms with Crippen molar-refractivity contribution in [1.82, 2.24) is 25.9 Å². The van der Waals surface area contributed by atoms with Crippen LogP contribution >= 0.6 is 0 Å². The lowest BCUT2D eigenvalue weighted by Gasteiger charge is -2.22. The first-order chi connectivity index (χ1) is 20.9. The fourth-order valence-corrected chi connectivity index (χ4v) is 4.90. The number of imidazole rings is 1. The predicted octanol–water partition coefficient (Wildman–Crippen LogP) is 4.21. The summed E-state index contributed by atoms with van der Waals surface area (Å²) in [5, 5.41) is 8.06. The van der Waals surface area contributed by atoms with Crippen LogP contribution in [0.2, 0.25) is 0 Å². The summed E-state index contributed by atoms with van der Waals surface area (Å²) in [6, 6.07) is -1.82. The third-order valence-corrected chi connectivity index (χ3v) is 7.42. The summed E-state index contributed by atoms with van der Waals surface area (Å²) in [6.45, 7) is 4.38. The lowest BCUT2D eigenvalue weighted by atomic mass is 10.0. The Kier molecular flexibility index (Phi) is 22.6. The van der Waals surface area contributed by atoms with Gasteiger partial charge in [0.25, 0.3) is 0 Å². The third-order valence-electron chi connectivity index (χ3n) is 7.42. The number of H-pyrrole nitrogens is 1. The molecule has 0 aliphatic carbocycles. The summed E-state index contributed by atoms with van der Waals surface area (Å²) in [4.78, 5) is 57.4. The molecule has 0 bridgehead atoms. The van der Waals surface area contributed by atoms with Crippen molar-refractivity contribution in [1.29, 1.82) is 0 Å². The van der Waals surface area contributed by atoms with Crippen LogP contribution in [0.15, 0.2) is 12.5 Å². The van der Waals surface area contributed by atoms with Crippen LogP contribution in [0.25, 0.3) is 0 Å². The van der Waals surface area contributed by atoms with Gasteiger partial charge >= 0.3 is 5.97 Å². The highest BCUT2D eigenvalue weighted by molar-refractivity contribution is 5.92. The molecule has 11 nitrogen and oxygen atoms in total. The quantitative estimate of drug-likeness (QED) is 0.0738. The van der Waals surface area contributed by atoms with Gasteiger partial charge in [0.2, 0.25) is 17.7 Å². The van der Waals surface area contributed by atoms with Crippen molar-refractivity contribution in [2.45, 2.75) is 142 Å². The Morgan fingerprint density at radius 1 is 0.814 bits per heavy atom. The second-order valence-corrected chi connectivity index (χ2v) is 11.3. The molecule has 0 saturated heterocycles. The van der Waals surface area contributed by atoms with Gasteiger partial charge in [0.15, 0.2) is 0 Å². The van der Waals surface area contributed by atoms with Crippen molar-refractivity contribution in [2.24, 2.45) is 5.73 Å². The van der Waals surface area contributed by atoms with Gasteiger partial charge in [-0.3, -0.25) is 14.4 Å². The molecule has 0 saturated carbocycles. The van der Waals surface area contributed by atoms with Crippen LogP contribution in [0.3, 0.4) is 0 Å². The minimum atomic E-state index is -0.975. The topological polar surface area (TPSA) is 168 Å². The molecule has 43 heavy (non-hydrogen) atoms. The molecule has 0 unspecified atom stereocenters. The Balaban J connectivity index is 2.38. The normalized spacial score (nSPS) is 12.3. The van der Waals surface area contributed by atoms with E-state index in [1.807, 2.05) is 0 Å². The van der Waals surface area contributed by atoms with E-state index in [1.54, 1.807) is 13.1 Å². The summed E-state index contributed by atoms with van der Waals surface area (Å²) >= 11 is 0. The van der Waals surface area contributed by atoms with Gasteiger partial charge in [-0.2, -0.15) is 0 Å². The number of rotatable bonds is 27. The van der Waals surface area contributed by atoms with E-state index in [1.165, 1.54) is 70.5 Å². The van der Waals surface area contributed by atoms with Crippen LogP contribution in [0, 0.1) is 0 Å². The maximum Gasteiger partial charge on any atom is 0.328 e. The average molecular weight is 607 g/mol. The minimum Gasteiger partial charge on any atom is -0.464 e. The second kappa shape index (κ2) is 25.5. The molecule has 0 aliphatic heterocycles. The van der Waals surface area contributed by atoms with Gasteiger partial charge in [-0.25, -0.2) is 9.78 Å². The monoisotopic (exact) mass is 606 g/mol. The number of hydrogen-bond donors (Lipinski definition) is 5. The Morgan fingerprint density at radius 2 is 1.44 bits per heavy atom. The molecule has 0 spiro atoms. The molecule has 0 aliphatic rings. The van der Waals surface area contributed by atoms with E-state index in [0.717, 1.165) is 19.3 Å². The molecule has 11 heteroatoms. The van der Waals surface area contributed by atoms with Gasteiger partial charge in [-0.1, -0.05) is 84.0 Å². The molecular weight excluding hydrogens is 548 g/mol.